The summed E-state index contributed by atoms with van der Waals surface area (Å²) in [6, 6.07) is 16.2. The van der Waals surface area contributed by atoms with Gasteiger partial charge in [-0.1, -0.05) is 6.07 Å². The molecule has 0 saturated carbocycles. The van der Waals surface area contributed by atoms with E-state index in [1.54, 1.807) is 38.6 Å². The second kappa shape index (κ2) is 6.40. The van der Waals surface area contributed by atoms with Crippen LogP contribution in [0.15, 0.2) is 60.8 Å². The quantitative estimate of drug-likeness (QED) is 0.554. The Morgan fingerprint density at radius 1 is 0.885 bits per heavy atom. The molecule has 0 unspecified atom stereocenters. The minimum absolute atomic E-state index is 0.245. The molecule has 0 radical (unpaired) electrons. The highest BCUT2D eigenvalue weighted by molar-refractivity contribution is 6.13. The molecular weight excluding hydrogens is 332 g/mol. The van der Waals surface area contributed by atoms with Crippen molar-refractivity contribution in [1.29, 1.82) is 0 Å². The van der Waals surface area contributed by atoms with Gasteiger partial charge in [0.2, 0.25) is 5.88 Å². The van der Waals surface area contributed by atoms with E-state index < -0.39 is 6.09 Å². The molecule has 0 N–H and O–H groups in total. The zero-order chi connectivity index (χ0) is 18.1. The van der Waals surface area contributed by atoms with E-state index in [0.29, 0.717) is 11.5 Å². The number of hydrogen-bond acceptors (Lipinski definition) is 5. The minimum Gasteiger partial charge on any atom is -0.497 e. The maximum atomic E-state index is 12.9. The minimum atomic E-state index is -0.529. The normalized spacial score (nSPS) is 10.8. The topological polar surface area (TPSA) is 62.6 Å². The van der Waals surface area contributed by atoms with Crippen LogP contribution in [0.5, 0.6) is 17.4 Å². The van der Waals surface area contributed by atoms with Crippen molar-refractivity contribution in [2.24, 2.45) is 0 Å². The van der Waals surface area contributed by atoms with E-state index in [0.717, 1.165) is 21.8 Å². The van der Waals surface area contributed by atoms with Crippen molar-refractivity contribution in [3.05, 3.63) is 60.8 Å². The number of pyridine rings is 1. The molecule has 0 atom stereocenters. The Balaban J connectivity index is 1.93. The Hall–Kier alpha value is -3.54. The first-order chi connectivity index (χ1) is 12.7. The Labute approximate surface area is 149 Å². The van der Waals surface area contributed by atoms with E-state index in [-0.39, 0.29) is 5.88 Å². The highest BCUT2D eigenvalue weighted by atomic mass is 16.6. The molecule has 2 aromatic heterocycles. The third-order valence-corrected chi connectivity index (χ3v) is 4.19. The van der Waals surface area contributed by atoms with Gasteiger partial charge in [0.05, 0.1) is 25.3 Å². The maximum absolute atomic E-state index is 12.9. The van der Waals surface area contributed by atoms with Gasteiger partial charge in [0, 0.05) is 23.0 Å². The van der Waals surface area contributed by atoms with Gasteiger partial charge in [-0.2, -0.15) is 0 Å². The molecule has 0 fully saturated rings. The molecule has 130 valence electrons. The molecule has 0 aliphatic heterocycles. The van der Waals surface area contributed by atoms with Gasteiger partial charge < -0.3 is 14.2 Å². The fraction of sp³-hybridized carbons (Fsp3) is 0.100. The van der Waals surface area contributed by atoms with Crippen LogP contribution in [-0.4, -0.2) is 29.9 Å². The number of fused-ring (bicyclic) bond motifs is 3. The zero-order valence-electron chi connectivity index (χ0n) is 14.3. The summed E-state index contributed by atoms with van der Waals surface area (Å²) >= 11 is 0. The molecule has 4 aromatic rings. The molecule has 0 aliphatic rings. The van der Waals surface area contributed by atoms with E-state index in [1.807, 2.05) is 36.4 Å². The Morgan fingerprint density at radius 2 is 1.50 bits per heavy atom. The molecule has 4 rings (SSSR count). The summed E-state index contributed by atoms with van der Waals surface area (Å²) in [5.74, 6) is 1.66. The lowest BCUT2D eigenvalue weighted by atomic mass is 10.1. The van der Waals surface area contributed by atoms with Crippen molar-refractivity contribution >= 4 is 27.9 Å². The Kier molecular flexibility index (Phi) is 3.93. The molecule has 2 heterocycles. The van der Waals surface area contributed by atoms with Crippen molar-refractivity contribution in [3.8, 4) is 17.4 Å². The third-order valence-electron chi connectivity index (χ3n) is 4.19. The number of hydrogen-bond donors (Lipinski definition) is 0. The number of ether oxygens (including phenoxy) is 3. The van der Waals surface area contributed by atoms with Crippen molar-refractivity contribution in [2.45, 2.75) is 0 Å². The van der Waals surface area contributed by atoms with Crippen LogP contribution < -0.4 is 14.2 Å². The van der Waals surface area contributed by atoms with Crippen LogP contribution in [0.1, 0.15) is 0 Å². The van der Waals surface area contributed by atoms with Crippen LogP contribution >= 0.6 is 0 Å². The van der Waals surface area contributed by atoms with Gasteiger partial charge in [0.1, 0.15) is 11.5 Å². The fourth-order valence-corrected chi connectivity index (χ4v) is 2.97. The highest BCUT2D eigenvalue weighted by Crippen LogP contribution is 2.34. The van der Waals surface area contributed by atoms with Crippen molar-refractivity contribution in [2.75, 3.05) is 14.2 Å². The van der Waals surface area contributed by atoms with Crippen LogP contribution in [-0.2, 0) is 0 Å². The molecular formula is C20H16N2O4. The first-order valence-electron chi connectivity index (χ1n) is 8.00. The number of rotatable bonds is 3. The van der Waals surface area contributed by atoms with Crippen LogP contribution in [0, 0.1) is 0 Å². The molecule has 6 heteroatoms. The van der Waals surface area contributed by atoms with Crippen molar-refractivity contribution in [1.82, 2.24) is 9.55 Å². The lowest BCUT2D eigenvalue weighted by Gasteiger charge is -2.07. The van der Waals surface area contributed by atoms with Gasteiger partial charge in [-0.05, 0) is 42.5 Å². The van der Waals surface area contributed by atoms with Crippen molar-refractivity contribution in [3.63, 3.8) is 0 Å². The second-order valence-corrected chi connectivity index (χ2v) is 5.64. The molecule has 0 saturated heterocycles. The molecule has 0 spiro atoms. The fourth-order valence-electron chi connectivity index (χ4n) is 2.97. The van der Waals surface area contributed by atoms with E-state index in [4.69, 9.17) is 14.2 Å². The number of carbonyl (C=O) groups excluding carboxylic acids is 1. The van der Waals surface area contributed by atoms with Crippen LogP contribution in [0.25, 0.3) is 21.8 Å². The monoisotopic (exact) mass is 348 g/mol. The summed E-state index contributed by atoms with van der Waals surface area (Å²) in [6.45, 7) is 0. The second-order valence-electron chi connectivity index (χ2n) is 5.64. The van der Waals surface area contributed by atoms with E-state index >= 15 is 0 Å². The Bertz CT molecular complexity index is 1040. The molecule has 6 nitrogen and oxygen atoms in total. The first-order valence-corrected chi connectivity index (χ1v) is 8.00. The van der Waals surface area contributed by atoms with Gasteiger partial charge in [0.25, 0.3) is 0 Å². The molecule has 0 aliphatic carbocycles. The van der Waals surface area contributed by atoms with Gasteiger partial charge in [-0.25, -0.2) is 14.3 Å². The summed E-state index contributed by atoms with van der Waals surface area (Å²) in [5.41, 5.74) is 1.44. The predicted octanol–water partition coefficient (Wildman–Crippen LogP) is 4.25. The number of benzene rings is 2. The molecule has 0 amide bonds. The predicted molar refractivity (Wildman–Crippen MR) is 98.2 cm³/mol. The molecule has 26 heavy (non-hydrogen) atoms. The van der Waals surface area contributed by atoms with Crippen LogP contribution in [0.3, 0.4) is 0 Å². The average Bonchev–Trinajstić information content (AvgIpc) is 3.01. The van der Waals surface area contributed by atoms with Crippen LogP contribution in [0.4, 0.5) is 4.79 Å². The summed E-state index contributed by atoms with van der Waals surface area (Å²) < 4.78 is 17.6. The third kappa shape index (κ3) is 2.61. The van der Waals surface area contributed by atoms with E-state index in [1.165, 1.54) is 4.57 Å². The van der Waals surface area contributed by atoms with Gasteiger partial charge >= 0.3 is 6.09 Å². The number of methoxy groups -OCH3 is 2. The SMILES string of the molecule is COc1ccc2c(c1)c1cc(OC)ccc1n2C(=O)Oc1ccccn1. The lowest BCUT2D eigenvalue weighted by Crippen LogP contribution is -2.17. The number of aromatic nitrogens is 2. The van der Waals surface area contributed by atoms with Gasteiger partial charge in [-0.3, -0.25) is 0 Å². The standard InChI is InChI=1S/C20H16N2O4/c1-24-13-6-8-17-15(11-13)16-12-14(25-2)7-9-18(16)22(17)20(23)26-19-5-3-4-10-21-19/h3-12H,1-2H3. The molecule has 0 bridgehead atoms. The van der Waals surface area contributed by atoms with Crippen LogP contribution in [0.2, 0.25) is 0 Å². The summed E-state index contributed by atoms with van der Waals surface area (Å²) in [7, 11) is 3.21. The van der Waals surface area contributed by atoms with E-state index in [9.17, 15) is 4.79 Å². The van der Waals surface area contributed by atoms with Gasteiger partial charge in [-0.15, -0.1) is 0 Å². The highest BCUT2D eigenvalue weighted by Gasteiger charge is 2.19. The summed E-state index contributed by atoms with van der Waals surface area (Å²) in [5, 5.41) is 1.74. The summed E-state index contributed by atoms with van der Waals surface area (Å²) in [6.07, 6.45) is 1.04. The van der Waals surface area contributed by atoms with Gasteiger partial charge in [0.15, 0.2) is 0 Å². The Morgan fingerprint density at radius 3 is 2.00 bits per heavy atom. The maximum Gasteiger partial charge on any atom is 0.425 e. The molecule has 2 aromatic carbocycles. The van der Waals surface area contributed by atoms with Crippen molar-refractivity contribution < 1.29 is 19.0 Å². The smallest absolute Gasteiger partial charge is 0.425 e. The first kappa shape index (κ1) is 16.0. The number of carbonyl (C=O) groups is 1. The zero-order valence-corrected chi connectivity index (χ0v) is 14.3. The van der Waals surface area contributed by atoms with E-state index in [2.05, 4.69) is 4.98 Å². The largest absolute Gasteiger partial charge is 0.497 e. The number of nitrogens with zero attached hydrogens (tertiary/aromatic N) is 2. The lowest BCUT2D eigenvalue weighted by molar-refractivity contribution is 0.202. The average molecular weight is 348 g/mol. The summed E-state index contributed by atoms with van der Waals surface area (Å²) in [4.78, 5) is 16.9.